The highest BCUT2D eigenvalue weighted by atomic mass is 31.2. The van der Waals surface area contributed by atoms with Crippen molar-refractivity contribution >= 4 is 18.2 Å². The third kappa shape index (κ3) is 3.86. The highest BCUT2D eigenvalue weighted by Gasteiger charge is 2.48. The summed E-state index contributed by atoms with van der Waals surface area (Å²) in [7, 11) is -3.87. The van der Waals surface area contributed by atoms with Crippen LogP contribution in [0, 0.1) is 59.3 Å². The smallest absolute Gasteiger partial charge is 0.229 e. The molecule has 0 N–H and O–H groups in total. The van der Waals surface area contributed by atoms with E-state index < -0.39 is 18.2 Å². The molecule has 2 aromatic carbocycles. The molecule has 3 nitrogen and oxygen atoms in total. The van der Waals surface area contributed by atoms with Crippen molar-refractivity contribution in [3.8, 4) is 0 Å². The average molecular weight is 449 g/mol. The van der Waals surface area contributed by atoms with Crippen molar-refractivity contribution in [3.63, 3.8) is 0 Å². The summed E-state index contributed by atoms with van der Waals surface area (Å²) in [5, 5.41) is 0. The van der Waals surface area contributed by atoms with Gasteiger partial charge in [-0.1, -0.05) is 47.5 Å². The van der Waals surface area contributed by atoms with Crippen LogP contribution >= 0.6 is 7.14 Å². The zero-order valence-corrected chi connectivity index (χ0v) is 20.9. The van der Waals surface area contributed by atoms with Crippen LogP contribution in [0.1, 0.15) is 66.9 Å². The Hall–Kier alpha value is -2.25. The van der Waals surface area contributed by atoms with Crippen LogP contribution in [-0.2, 0) is 4.57 Å². The van der Waals surface area contributed by atoms with Crippen molar-refractivity contribution in [1.82, 2.24) is 0 Å². The molecule has 0 spiro atoms. The largest absolute Gasteiger partial charge is 0.307 e. The maximum Gasteiger partial charge on any atom is 0.229 e. The molecule has 0 saturated heterocycles. The summed E-state index contributed by atoms with van der Waals surface area (Å²) < 4.78 is 14.7. The molecule has 168 valence electrons. The lowest BCUT2D eigenvalue weighted by Crippen LogP contribution is -2.22. The van der Waals surface area contributed by atoms with E-state index >= 15 is 0 Å². The van der Waals surface area contributed by atoms with Gasteiger partial charge >= 0.3 is 0 Å². The second-order valence-corrected chi connectivity index (χ2v) is 12.8. The molecule has 4 rings (SSSR count). The molecule has 2 bridgehead atoms. The standard InChI is InChI=1S/C28H33O3P/c1-16-9-18(3)25(19(4)10-16)27(29)32(31,15-24-14-22-7-8-23(24)13-22)28(30)26-20(5)11-17(2)12-21(26)6/h7-12,22-24H,13-15H2,1-6H3. The molecular formula is C28H33O3P. The monoisotopic (exact) mass is 448 g/mol. The van der Waals surface area contributed by atoms with Crippen molar-refractivity contribution in [1.29, 1.82) is 0 Å². The zero-order chi connectivity index (χ0) is 23.4. The third-order valence-electron chi connectivity index (χ3n) is 7.35. The van der Waals surface area contributed by atoms with Crippen molar-refractivity contribution in [2.45, 2.75) is 54.4 Å². The molecule has 0 aromatic heterocycles. The van der Waals surface area contributed by atoms with Gasteiger partial charge in [-0.25, -0.2) is 0 Å². The Morgan fingerprint density at radius 2 is 1.19 bits per heavy atom. The van der Waals surface area contributed by atoms with Crippen molar-refractivity contribution in [2.75, 3.05) is 6.16 Å². The van der Waals surface area contributed by atoms with E-state index in [-0.39, 0.29) is 12.1 Å². The van der Waals surface area contributed by atoms with Gasteiger partial charge in [0.2, 0.25) is 18.2 Å². The zero-order valence-electron chi connectivity index (χ0n) is 20.0. The summed E-state index contributed by atoms with van der Waals surface area (Å²) in [5.74, 6) is 0.949. The number of rotatable bonds is 6. The quantitative estimate of drug-likeness (QED) is 0.350. The van der Waals surface area contributed by atoms with Crippen LogP contribution in [0.2, 0.25) is 0 Å². The van der Waals surface area contributed by atoms with Crippen LogP contribution in [0.5, 0.6) is 0 Å². The van der Waals surface area contributed by atoms with Gasteiger partial charge in [0.1, 0.15) is 0 Å². The predicted octanol–water partition coefficient (Wildman–Crippen LogP) is 7.09. The van der Waals surface area contributed by atoms with E-state index in [2.05, 4.69) is 12.2 Å². The normalized spacial score (nSPS) is 21.9. The van der Waals surface area contributed by atoms with E-state index in [9.17, 15) is 14.2 Å². The van der Waals surface area contributed by atoms with Gasteiger partial charge in [-0.3, -0.25) is 9.59 Å². The second kappa shape index (κ2) is 8.27. The molecule has 1 saturated carbocycles. The number of allylic oxidation sites excluding steroid dienone is 2. The fourth-order valence-electron chi connectivity index (χ4n) is 6.09. The molecule has 4 heteroatoms. The SMILES string of the molecule is Cc1cc(C)c(C(=O)P(=O)(CC2CC3C=CC2C3)C(=O)c2c(C)cc(C)cc2C)c(C)c1. The van der Waals surface area contributed by atoms with E-state index in [1.165, 1.54) is 0 Å². The Labute approximate surface area is 191 Å². The Morgan fingerprint density at radius 1 is 0.750 bits per heavy atom. The number of benzene rings is 2. The van der Waals surface area contributed by atoms with E-state index in [0.29, 0.717) is 23.0 Å². The minimum Gasteiger partial charge on any atom is -0.307 e. The van der Waals surface area contributed by atoms with E-state index in [4.69, 9.17) is 0 Å². The van der Waals surface area contributed by atoms with Crippen LogP contribution in [0.25, 0.3) is 0 Å². The van der Waals surface area contributed by atoms with E-state index in [0.717, 1.165) is 46.2 Å². The first-order valence-corrected chi connectivity index (χ1v) is 13.4. The van der Waals surface area contributed by atoms with Crippen LogP contribution < -0.4 is 0 Å². The van der Waals surface area contributed by atoms with Gasteiger partial charge in [-0.15, -0.1) is 0 Å². The molecule has 3 unspecified atom stereocenters. The number of fused-ring (bicyclic) bond motifs is 2. The average Bonchev–Trinajstić information content (AvgIpc) is 3.29. The Morgan fingerprint density at radius 3 is 1.53 bits per heavy atom. The second-order valence-electron chi connectivity index (χ2n) is 10.1. The van der Waals surface area contributed by atoms with Crippen LogP contribution in [0.15, 0.2) is 36.4 Å². The number of carbonyl (C=O) groups excluding carboxylic acids is 2. The lowest BCUT2D eigenvalue weighted by atomic mass is 9.96. The molecule has 3 atom stereocenters. The first-order valence-electron chi connectivity index (χ1n) is 11.5. The first-order chi connectivity index (χ1) is 15.0. The number of carbonyl (C=O) groups is 2. The fraction of sp³-hybridized carbons (Fsp3) is 0.429. The fourth-order valence-corrected chi connectivity index (χ4v) is 9.11. The molecular weight excluding hydrogens is 415 g/mol. The predicted molar refractivity (Wildman–Crippen MR) is 131 cm³/mol. The maximum absolute atomic E-state index is 14.7. The van der Waals surface area contributed by atoms with E-state index in [1.54, 1.807) is 0 Å². The Bertz CT molecular complexity index is 1080. The van der Waals surface area contributed by atoms with Gasteiger partial charge in [0, 0.05) is 17.3 Å². The molecule has 0 aliphatic heterocycles. The molecule has 2 aromatic rings. The van der Waals surface area contributed by atoms with Gasteiger partial charge in [0.25, 0.3) is 0 Å². The highest BCUT2D eigenvalue weighted by Crippen LogP contribution is 2.58. The maximum atomic E-state index is 14.7. The van der Waals surface area contributed by atoms with Crippen LogP contribution in [-0.4, -0.2) is 17.2 Å². The molecule has 0 heterocycles. The number of hydrogen-bond donors (Lipinski definition) is 0. The summed E-state index contributed by atoms with van der Waals surface area (Å²) in [6, 6.07) is 7.77. The topological polar surface area (TPSA) is 51.2 Å². The summed E-state index contributed by atoms with van der Waals surface area (Å²) in [4.78, 5) is 28.0. The molecule has 2 aliphatic carbocycles. The third-order valence-corrected chi connectivity index (χ3v) is 10.1. The first kappa shape index (κ1) is 22.9. The van der Waals surface area contributed by atoms with Crippen molar-refractivity contribution in [2.24, 2.45) is 17.8 Å². The van der Waals surface area contributed by atoms with Crippen molar-refractivity contribution in [3.05, 3.63) is 80.9 Å². The Kier molecular flexibility index (Phi) is 5.92. The molecule has 0 radical (unpaired) electrons. The van der Waals surface area contributed by atoms with Gasteiger partial charge < -0.3 is 4.57 Å². The lowest BCUT2D eigenvalue weighted by molar-refractivity contribution is 0.103. The number of aryl methyl sites for hydroxylation is 6. The highest BCUT2D eigenvalue weighted by molar-refractivity contribution is 7.95. The summed E-state index contributed by atoms with van der Waals surface area (Å²) in [6.07, 6.45) is 6.58. The van der Waals surface area contributed by atoms with Gasteiger partial charge in [0.15, 0.2) is 0 Å². The van der Waals surface area contributed by atoms with Gasteiger partial charge in [0.05, 0.1) is 0 Å². The van der Waals surface area contributed by atoms with Crippen LogP contribution in [0.4, 0.5) is 0 Å². The van der Waals surface area contributed by atoms with Gasteiger partial charge in [-0.2, -0.15) is 0 Å². The minimum atomic E-state index is -3.87. The van der Waals surface area contributed by atoms with Crippen molar-refractivity contribution < 1.29 is 14.2 Å². The lowest BCUT2D eigenvalue weighted by Gasteiger charge is -2.26. The summed E-state index contributed by atoms with van der Waals surface area (Å²) in [5.41, 5.74) is 5.32. The molecule has 1 fully saturated rings. The Balaban J connectivity index is 1.84. The van der Waals surface area contributed by atoms with Gasteiger partial charge in [-0.05, 0) is 94.4 Å². The van der Waals surface area contributed by atoms with E-state index in [1.807, 2.05) is 65.8 Å². The summed E-state index contributed by atoms with van der Waals surface area (Å²) >= 11 is 0. The number of hydrogen-bond acceptors (Lipinski definition) is 3. The summed E-state index contributed by atoms with van der Waals surface area (Å²) in [6.45, 7) is 11.5. The molecule has 0 amide bonds. The molecule has 32 heavy (non-hydrogen) atoms. The van der Waals surface area contributed by atoms with Crippen LogP contribution in [0.3, 0.4) is 0 Å². The minimum absolute atomic E-state index is 0.126. The molecule has 2 aliphatic rings.